The van der Waals surface area contributed by atoms with Crippen LogP contribution in [-0.2, 0) is 32.5 Å². The maximum Gasteiger partial charge on any atom is 0.303 e. The number of aromatic nitrogens is 1. The van der Waals surface area contributed by atoms with Gasteiger partial charge in [0.2, 0.25) is 5.43 Å². The molecule has 0 amide bonds. The second kappa shape index (κ2) is 10.1. The summed E-state index contributed by atoms with van der Waals surface area (Å²) in [6.45, 7) is 6.91. The van der Waals surface area contributed by atoms with Gasteiger partial charge in [0.1, 0.15) is 29.3 Å². The number of ether oxygens (including phenoxy) is 5. The fourth-order valence-electron chi connectivity index (χ4n) is 5.74. The summed E-state index contributed by atoms with van der Waals surface area (Å²) in [6, 6.07) is 8.59. The van der Waals surface area contributed by atoms with Crippen molar-refractivity contribution >= 4 is 27.8 Å². The van der Waals surface area contributed by atoms with Crippen LogP contribution in [0.1, 0.15) is 39.7 Å². The second-order valence-corrected chi connectivity index (χ2v) is 10.6. The van der Waals surface area contributed by atoms with E-state index in [0.29, 0.717) is 28.7 Å². The third kappa shape index (κ3) is 4.67. The molecule has 1 fully saturated rings. The first-order chi connectivity index (χ1) is 18.6. The number of hydrogen-bond acceptors (Lipinski definition) is 8. The Hall–Kier alpha value is -3.79. The largest absolute Gasteiger partial charge is 0.496 e. The molecule has 0 aliphatic carbocycles. The molecule has 5 atom stereocenters. The molecule has 0 spiro atoms. The molecule has 2 aliphatic rings. The maximum absolute atomic E-state index is 13.6. The SMILES string of the molecule is COc1cc2c(c3c1c(=O)c1ccccc1n3C)C[C@@H](O[C@H]1C[C@H](N=[N+]=[N-])[C@@H](OC(C)=O)[C@H](C)O1)C(C)(C)O2. The number of methoxy groups -OCH3 is 1. The summed E-state index contributed by atoms with van der Waals surface area (Å²) in [5.74, 6) is 0.588. The highest BCUT2D eigenvalue weighted by Gasteiger charge is 2.45. The lowest BCUT2D eigenvalue weighted by Gasteiger charge is -2.44. The predicted octanol–water partition coefficient (Wildman–Crippen LogP) is 4.54. The molecule has 206 valence electrons. The number of benzene rings is 2. The van der Waals surface area contributed by atoms with E-state index in [1.165, 1.54) is 6.92 Å². The smallest absolute Gasteiger partial charge is 0.303 e. The molecule has 1 aromatic heterocycles. The Balaban J connectivity index is 1.55. The quantitative estimate of drug-likeness (QED) is 0.154. The van der Waals surface area contributed by atoms with Crippen molar-refractivity contribution in [3.05, 3.63) is 56.6 Å². The van der Waals surface area contributed by atoms with E-state index in [-0.39, 0.29) is 11.8 Å². The van der Waals surface area contributed by atoms with Gasteiger partial charge in [-0.1, -0.05) is 17.2 Å². The van der Waals surface area contributed by atoms with Gasteiger partial charge in [-0.25, -0.2) is 0 Å². The summed E-state index contributed by atoms with van der Waals surface area (Å²) in [4.78, 5) is 28.1. The van der Waals surface area contributed by atoms with E-state index in [2.05, 4.69) is 10.0 Å². The van der Waals surface area contributed by atoms with E-state index in [4.69, 9.17) is 29.2 Å². The summed E-state index contributed by atoms with van der Waals surface area (Å²) in [7, 11) is 3.46. The van der Waals surface area contributed by atoms with Crippen LogP contribution in [0.4, 0.5) is 0 Å². The van der Waals surface area contributed by atoms with E-state index in [1.54, 1.807) is 20.1 Å². The number of rotatable bonds is 5. The number of pyridine rings is 1. The van der Waals surface area contributed by atoms with Crippen LogP contribution >= 0.6 is 0 Å². The number of nitrogens with zero attached hydrogens (tertiary/aromatic N) is 4. The molecule has 0 radical (unpaired) electrons. The minimum Gasteiger partial charge on any atom is -0.496 e. The Kier molecular flexibility index (Phi) is 6.92. The number of hydrogen-bond donors (Lipinski definition) is 0. The molecular formula is C28H32N4O7. The average Bonchev–Trinajstić information content (AvgIpc) is 2.88. The van der Waals surface area contributed by atoms with Gasteiger partial charge in [-0.2, -0.15) is 0 Å². The Morgan fingerprint density at radius 1 is 1.28 bits per heavy atom. The molecule has 1 saturated heterocycles. The van der Waals surface area contributed by atoms with E-state index < -0.39 is 42.2 Å². The molecule has 3 aromatic rings. The van der Waals surface area contributed by atoms with Crippen molar-refractivity contribution in [3.8, 4) is 11.5 Å². The van der Waals surface area contributed by atoms with Crippen molar-refractivity contribution in [2.75, 3.05) is 7.11 Å². The standard InChI is InChI=1S/C28H32N4O7/c1-14-27(37-15(2)33)18(30-31-29)12-23(36-14)38-22-11-17-20(39-28(22,3)4)13-21(35-6)24-25(17)32(5)19-10-8-7-9-16(19)26(24)34/h7-10,13-14,18,22-23,27H,11-12H2,1-6H3/t14-,18-,22+,23-,27-/m0/s1. The predicted molar refractivity (Wildman–Crippen MR) is 144 cm³/mol. The van der Waals surface area contributed by atoms with E-state index in [1.807, 2.05) is 49.7 Å². The van der Waals surface area contributed by atoms with Crippen molar-refractivity contribution in [2.24, 2.45) is 12.2 Å². The molecule has 2 aliphatic heterocycles. The summed E-state index contributed by atoms with van der Waals surface area (Å²) < 4.78 is 32.1. The highest BCUT2D eigenvalue weighted by Crippen LogP contribution is 2.43. The van der Waals surface area contributed by atoms with Gasteiger partial charge in [-0.15, -0.1) is 0 Å². The Morgan fingerprint density at radius 3 is 2.72 bits per heavy atom. The third-order valence-corrected chi connectivity index (χ3v) is 7.62. The van der Waals surface area contributed by atoms with Crippen LogP contribution < -0.4 is 14.9 Å². The van der Waals surface area contributed by atoms with Crippen LogP contribution in [0.25, 0.3) is 32.2 Å². The molecule has 3 heterocycles. The van der Waals surface area contributed by atoms with Gasteiger partial charge in [-0.3, -0.25) is 9.59 Å². The van der Waals surface area contributed by atoms with Crippen molar-refractivity contribution in [2.45, 2.75) is 76.8 Å². The molecule has 0 unspecified atom stereocenters. The zero-order chi connectivity index (χ0) is 28.1. The molecule has 5 rings (SSSR count). The highest BCUT2D eigenvalue weighted by atomic mass is 16.7. The fourth-order valence-corrected chi connectivity index (χ4v) is 5.74. The Bertz CT molecular complexity index is 1560. The molecule has 2 aromatic carbocycles. The number of esters is 1. The number of azide groups is 1. The molecule has 11 nitrogen and oxygen atoms in total. The third-order valence-electron chi connectivity index (χ3n) is 7.62. The Morgan fingerprint density at radius 2 is 2.03 bits per heavy atom. The van der Waals surface area contributed by atoms with Crippen LogP contribution in [0.3, 0.4) is 0 Å². The van der Waals surface area contributed by atoms with Crippen LogP contribution in [0.5, 0.6) is 11.5 Å². The van der Waals surface area contributed by atoms with Crippen LogP contribution in [0.15, 0.2) is 40.2 Å². The van der Waals surface area contributed by atoms with Gasteiger partial charge in [0.15, 0.2) is 6.29 Å². The van der Waals surface area contributed by atoms with E-state index in [0.717, 1.165) is 16.6 Å². The van der Waals surface area contributed by atoms with E-state index >= 15 is 0 Å². The molecular weight excluding hydrogens is 504 g/mol. The molecule has 0 saturated carbocycles. The van der Waals surface area contributed by atoms with Crippen LogP contribution in [0, 0.1) is 0 Å². The van der Waals surface area contributed by atoms with Crippen molar-refractivity contribution in [3.63, 3.8) is 0 Å². The van der Waals surface area contributed by atoms with Gasteiger partial charge < -0.3 is 28.3 Å². The minimum absolute atomic E-state index is 0.112. The van der Waals surface area contributed by atoms with Crippen molar-refractivity contribution < 1.29 is 28.5 Å². The number of fused-ring (bicyclic) bond motifs is 4. The molecule has 39 heavy (non-hydrogen) atoms. The van der Waals surface area contributed by atoms with Crippen LogP contribution in [0.2, 0.25) is 0 Å². The summed E-state index contributed by atoms with van der Waals surface area (Å²) in [5.41, 5.74) is 10.6. The number of para-hydroxylation sites is 1. The first kappa shape index (κ1) is 26.8. The van der Waals surface area contributed by atoms with E-state index in [9.17, 15) is 9.59 Å². The summed E-state index contributed by atoms with van der Waals surface area (Å²) >= 11 is 0. The van der Waals surface area contributed by atoms with Gasteiger partial charge in [0.25, 0.3) is 0 Å². The first-order valence-corrected chi connectivity index (χ1v) is 12.9. The van der Waals surface area contributed by atoms with Gasteiger partial charge in [-0.05, 0) is 38.4 Å². The summed E-state index contributed by atoms with van der Waals surface area (Å²) in [5, 5.41) is 4.94. The lowest BCUT2D eigenvalue weighted by molar-refractivity contribution is -0.261. The fraction of sp³-hybridized carbons (Fsp3) is 0.500. The number of carbonyl (C=O) groups excluding carboxylic acids is 1. The lowest BCUT2D eigenvalue weighted by atomic mass is 9.88. The van der Waals surface area contributed by atoms with Gasteiger partial charge >= 0.3 is 5.97 Å². The normalized spacial score (nSPS) is 25.8. The highest BCUT2D eigenvalue weighted by molar-refractivity contribution is 5.99. The zero-order valence-electron chi connectivity index (χ0n) is 22.8. The second-order valence-electron chi connectivity index (χ2n) is 10.6. The monoisotopic (exact) mass is 536 g/mol. The molecule has 11 heteroatoms. The first-order valence-electron chi connectivity index (χ1n) is 12.9. The van der Waals surface area contributed by atoms with Gasteiger partial charge in [0, 0.05) is 48.7 Å². The van der Waals surface area contributed by atoms with Gasteiger partial charge in [0.05, 0.1) is 35.7 Å². The number of aryl methyl sites for hydroxylation is 1. The topological polar surface area (TPSA) is 134 Å². The maximum atomic E-state index is 13.6. The zero-order valence-corrected chi connectivity index (χ0v) is 22.8. The lowest BCUT2D eigenvalue weighted by Crippen LogP contribution is -2.54. The van der Waals surface area contributed by atoms with Crippen molar-refractivity contribution in [1.29, 1.82) is 0 Å². The summed E-state index contributed by atoms with van der Waals surface area (Å²) in [6.07, 6.45) is -1.84. The number of carbonyl (C=O) groups is 1. The van der Waals surface area contributed by atoms with Crippen molar-refractivity contribution in [1.82, 2.24) is 4.57 Å². The molecule has 0 N–H and O–H groups in total. The minimum atomic E-state index is -0.769. The Labute approximate surface area is 225 Å². The average molecular weight is 537 g/mol. The molecule has 0 bridgehead atoms. The van der Waals surface area contributed by atoms with Crippen LogP contribution in [-0.4, -0.2) is 53.9 Å².